The molecular weight excluding hydrogens is 340 g/mol. The molecule has 1 aromatic carbocycles. The van der Waals surface area contributed by atoms with Crippen molar-refractivity contribution in [3.05, 3.63) is 39.9 Å². The highest BCUT2D eigenvalue weighted by Gasteiger charge is 2.50. The summed E-state index contributed by atoms with van der Waals surface area (Å²) < 4.78 is 0. The molecule has 1 heterocycles. The molecule has 1 aliphatic heterocycles. The first-order chi connectivity index (χ1) is 12.0. The molecular formula is C17H22N4O5. The van der Waals surface area contributed by atoms with E-state index < -0.39 is 40.4 Å². The van der Waals surface area contributed by atoms with Gasteiger partial charge in [-0.2, -0.15) is 0 Å². The SMILES string of the molecule is CCC(C)(C)NC(=O)CN1C(=O)NC(C)(c2cccc([N+](=O)[O-])c2)C1=O. The number of nitrogens with one attached hydrogen (secondary N) is 2. The highest BCUT2D eigenvalue weighted by Crippen LogP contribution is 2.30. The van der Waals surface area contributed by atoms with Crippen LogP contribution in [0, 0.1) is 10.1 Å². The molecule has 1 aromatic rings. The Balaban J connectivity index is 2.23. The van der Waals surface area contributed by atoms with Crippen LogP contribution in [0.3, 0.4) is 0 Å². The molecule has 140 valence electrons. The van der Waals surface area contributed by atoms with Gasteiger partial charge in [-0.15, -0.1) is 0 Å². The van der Waals surface area contributed by atoms with Crippen LogP contribution < -0.4 is 10.6 Å². The van der Waals surface area contributed by atoms with Crippen LogP contribution in [0.4, 0.5) is 10.5 Å². The first kappa shape index (κ1) is 19.4. The summed E-state index contributed by atoms with van der Waals surface area (Å²) in [5.41, 5.74) is -1.84. The predicted octanol–water partition coefficient (Wildman–Crippen LogP) is 1.67. The molecule has 2 rings (SSSR count). The van der Waals surface area contributed by atoms with Crippen LogP contribution in [0.25, 0.3) is 0 Å². The number of nitro benzene ring substituents is 1. The molecule has 1 atom stereocenters. The number of urea groups is 1. The Labute approximate surface area is 150 Å². The molecule has 9 nitrogen and oxygen atoms in total. The van der Waals surface area contributed by atoms with Crippen molar-refractivity contribution in [3.63, 3.8) is 0 Å². The third-order valence-electron chi connectivity index (χ3n) is 4.57. The van der Waals surface area contributed by atoms with Crippen molar-refractivity contribution in [1.82, 2.24) is 15.5 Å². The first-order valence-electron chi connectivity index (χ1n) is 8.20. The van der Waals surface area contributed by atoms with Crippen LogP contribution in [-0.2, 0) is 15.1 Å². The number of hydrogen-bond donors (Lipinski definition) is 2. The number of hydrogen-bond acceptors (Lipinski definition) is 5. The minimum atomic E-state index is -1.47. The lowest BCUT2D eigenvalue weighted by molar-refractivity contribution is -0.385. The molecule has 0 bridgehead atoms. The minimum absolute atomic E-state index is 0.188. The normalized spacial score (nSPS) is 20.1. The molecule has 0 spiro atoms. The van der Waals surface area contributed by atoms with Crippen LogP contribution >= 0.6 is 0 Å². The molecule has 1 saturated heterocycles. The summed E-state index contributed by atoms with van der Waals surface area (Å²) in [4.78, 5) is 48.4. The molecule has 2 N–H and O–H groups in total. The summed E-state index contributed by atoms with van der Waals surface area (Å²) in [6.45, 7) is 6.63. The van der Waals surface area contributed by atoms with E-state index in [2.05, 4.69) is 10.6 Å². The van der Waals surface area contributed by atoms with Crippen molar-refractivity contribution >= 4 is 23.5 Å². The Bertz CT molecular complexity index is 776. The van der Waals surface area contributed by atoms with Gasteiger partial charge in [0.15, 0.2) is 0 Å². The lowest BCUT2D eigenvalue weighted by atomic mass is 9.91. The number of non-ortho nitro benzene ring substituents is 1. The van der Waals surface area contributed by atoms with Crippen LogP contribution in [0.1, 0.15) is 39.7 Å². The molecule has 9 heteroatoms. The average Bonchev–Trinajstić information content (AvgIpc) is 2.79. The zero-order valence-electron chi connectivity index (χ0n) is 15.2. The average molecular weight is 362 g/mol. The number of benzene rings is 1. The summed E-state index contributed by atoms with van der Waals surface area (Å²) >= 11 is 0. The van der Waals surface area contributed by atoms with Crippen molar-refractivity contribution in [3.8, 4) is 0 Å². The standard InChI is InChI=1S/C17H22N4O5/c1-5-16(2,3)18-13(22)10-20-14(23)17(4,19-15(20)24)11-7-6-8-12(9-11)21(25)26/h6-9H,5,10H2,1-4H3,(H,18,22)(H,19,24). The number of imide groups is 1. The van der Waals surface area contributed by atoms with Gasteiger partial charge in [-0.25, -0.2) is 4.79 Å². The molecule has 0 aromatic heterocycles. The van der Waals surface area contributed by atoms with Crippen molar-refractivity contribution in [2.75, 3.05) is 6.54 Å². The molecule has 0 radical (unpaired) electrons. The Kier molecular flexibility index (Phi) is 5.02. The van der Waals surface area contributed by atoms with Crippen LogP contribution in [0.5, 0.6) is 0 Å². The smallest absolute Gasteiger partial charge is 0.325 e. The van der Waals surface area contributed by atoms with Crippen LogP contribution in [0.2, 0.25) is 0 Å². The van der Waals surface area contributed by atoms with E-state index >= 15 is 0 Å². The van der Waals surface area contributed by atoms with Gasteiger partial charge in [0.2, 0.25) is 5.91 Å². The Morgan fingerprint density at radius 2 is 2.04 bits per heavy atom. The molecule has 0 saturated carbocycles. The second kappa shape index (κ2) is 6.74. The second-order valence-corrected chi connectivity index (χ2v) is 7.04. The number of nitro groups is 1. The number of carbonyl (C=O) groups is 3. The lowest BCUT2D eigenvalue weighted by Crippen LogP contribution is -2.49. The molecule has 26 heavy (non-hydrogen) atoms. The van der Waals surface area contributed by atoms with Gasteiger partial charge in [-0.1, -0.05) is 19.1 Å². The zero-order chi connectivity index (χ0) is 19.7. The maximum Gasteiger partial charge on any atom is 0.325 e. The van der Waals surface area contributed by atoms with E-state index in [1.165, 1.54) is 31.2 Å². The maximum absolute atomic E-state index is 12.8. The van der Waals surface area contributed by atoms with E-state index in [1.807, 2.05) is 20.8 Å². The summed E-state index contributed by atoms with van der Waals surface area (Å²) in [5.74, 6) is -1.09. The third-order valence-corrected chi connectivity index (χ3v) is 4.57. The third kappa shape index (κ3) is 3.66. The van der Waals surface area contributed by atoms with Gasteiger partial charge in [-0.3, -0.25) is 24.6 Å². The number of nitrogens with zero attached hydrogens (tertiary/aromatic N) is 2. The Morgan fingerprint density at radius 3 is 2.62 bits per heavy atom. The summed E-state index contributed by atoms with van der Waals surface area (Å²) in [7, 11) is 0. The summed E-state index contributed by atoms with van der Waals surface area (Å²) in [6, 6.07) is 4.79. The van der Waals surface area contributed by atoms with Gasteiger partial charge in [0, 0.05) is 17.7 Å². The minimum Gasteiger partial charge on any atom is -0.350 e. The van der Waals surface area contributed by atoms with Gasteiger partial charge in [0.05, 0.1) is 4.92 Å². The molecule has 1 fully saturated rings. The van der Waals surface area contributed by atoms with Gasteiger partial charge in [0.25, 0.3) is 11.6 Å². The first-order valence-corrected chi connectivity index (χ1v) is 8.20. The molecule has 0 aliphatic carbocycles. The van der Waals surface area contributed by atoms with Gasteiger partial charge in [0.1, 0.15) is 12.1 Å². The molecule has 1 aliphatic rings. The topological polar surface area (TPSA) is 122 Å². The fourth-order valence-electron chi connectivity index (χ4n) is 2.62. The fraction of sp³-hybridized carbons (Fsp3) is 0.471. The number of rotatable bonds is 6. The van der Waals surface area contributed by atoms with E-state index in [0.29, 0.717) is 6.42 Å². The highest BCUT2D eigenvalue weighted by atomic mass is 16.6. The van der Waals surface area contributed by atoms with Crippen molar-refractivity contribution < 1.29 is 19.3 Å². The van der Waals surface area contributed by atoms with E-state index in [-0.39, 0.29) is 11.3 Å². The fourth-order valence-corrected chi connectivity index (χ4v) is 2.62. The monoisotopic (exact) mass is 362 g/mol. The lowest BCUT2D eigenvalue weighted by Gasteiger charge is -2.26. The van der Waals surface area contributed by atoms with Gasteiger partial charge < -0.3 is 10.6 Å². The summed E-state index contributed by atoms with van der Waals surface area (Å²) in [5, 5.41) is 16.3. The Morgan fingerprint density at radius 1 is 1.38 bits per heavy atom. The van der Waals surface area contributed by atoms with Crippen LogP contribution in [-0.4, -0.2) is 39.8 Å². The highest BCUT2D eigenvalue weighted by molar-refractivity contribution is 6.09. The van der Waals surface area contributed by atoms with Crippen molar-refractivity contribution in [2.24, 2.45) is 0 Å². The quantitative estimate of drug-likeness (QED) is 0.453. The second-order valence-electron chi connectivity index (χ2n) is 7.04. The van der Waals surface area contributed by atoms with E-state index in [4.69, 9.17) is 0 Å². The van der Waals surface area contributed by atoms with Crippen molar-refractivity contribution in [2.45, 2.75) is 45.2 Å². The van der Waals surface area contributed by atoms with Gasteiger partial charge >= 0.3 is 6.03 Å². The van der Waals surface area contributed by atoms with Crippen LogP contribution in [0.15, 0.2) is 24.3 Å². The maximum atomic E-state index is 12.8. The largest absolute Gasteiger partial charge is 0.350 e. The predicted molar refractivity (Wildman–Crippen MR) is 93.2 cm³/mol. The van der Waals surface area contributed by atoms with E-state index in [0.717, 1.165) is 4.90 Å². The number of amides is 4. The van der Waals surface area contributed by atoms with E-state index in [9.17, 15) is 24.5 Å². The molecule has 1 unspecified atom stereocenters. The van der Waals surface area contributed by atoms with Crippen molar-refractivity contribution in [1.29, 1.82) is 0 Å². The Hall–Kier alpha value is -2.97. The summed E-state index contributed by atoms with van der Waals surface area (Å²) in [6.07, 6.45) is 0.685. The van der Waals surface area contributed by atoms with E-state index in [1.54, 1.807) is 0 Å². The zero-order valence-corrected chi connectivity index (χ0v) is 15.2. The molecule has 4 amide bonds. The van der Waals surface area contributed by atoms with Gasteiger partial charge in [-0.05, 0) is 32.8 Å². The number of carbonyl (C=O) groups excluding carboxylic acids is 3.